The number of nitrogens with one attached hydrogen (secondary N) is 2. The minimum absolute atomic E-state index is 0.0181. The van der Waals surface area contributed by atoms with Crippen molar-refractivity contribution in [3.8, 4) is 5.88 Å². The van der Waals surface area contributed by atoms with Gasteiger partial charge < -0.3 is 19.8 Å². The third kappa shape index (κ3) is 4.91. The molecular formula is C20H19IN4O4. The van der Waals surface area contributed by atoms with Gasteiger partial charge in [0, 0.05) is 34.9 Å². The number of aromatic amines is 1. The number of nitrogens with zero attached hydrogens (tertiary/aromatic N) is 2. The molecule has 0 spiro atoms. The molecule has 1 aromatic carbocycles. The van der Waals surface area contributed by atoms with E-state index in [1.807, 2.05) is 6.07 Å². The van der Waals surface area contributed by atoms with E-state index in [2.05, 4.69) is 42.9 Å². The second kappa shape index (κ2) is 8.87. The highest BCUT2D eigenvalue weighted by atomic mass is 127. The first-order chi connectivity index (χ1) is 14.1. The van der Waals surface area contributed by atoms with Crippen molar-refractivity contribution in [1.82, 2.24) is 20.3 Å². The van der Waals surface area contributed by atoms with Crippen LogP contribution in [0.15, 0.2) is 41.3 Å². The molecule has 1 atom stereocenters. The van der Waals surface area contributed by atoms with Crippen LogP contribution in [-0.2, 0) is 11.3 Å². The molecule has 0 saturated carbocycles. The third-order valence-corrected chi connectivity index (χ3v) is 5.30. The van der Waals surface area contributed by atoms with Gasteiger partial charge in [-0.15, -0.1) is 0 Å². The Kier molecular flexibility index (Phi) is 6.05. The van der Waals surface area contributed by atoms with Gasteiger partial charge in [-0.3, -0.25) is 9.59 Å². The number of pyridine rings is 1. The zero-order valence-corrected chi connectivity index (χ0v) is 17.6. The highest BCUT2D eigenvalue weighted by molar-refractivity contribution is 14.1. The molecule has 0 bridgehead atoms. The van der Waals surface area contributed by atoms with Gasteiger partial charge in [0.15, 0.2) is 5.82 Å². The number of H-pyrrole nitrogens is 1. The molecule has 29 heavy (non-hydrogen) atoms. The summed E-state index contributed by atoms with van der Waals surface area (Å²) in [7, 11) is 0. The molecule has 2 aromatic heterocycles. The van der Waals surface area contributed by atoms with Crippen LogP contribution in [0.4, 0.5) is 0 Å². The predicted octanol–water partition coefficient (Wildman–Crippen LogP) is 2.27. The van der Waals surface area contributed by atoms with Crippen molar-refractivity contribution in [2.24, 2.45) is 5.92 Å². The maximum atomic E-state index is 12.5. The lowest BCUT2D eigenvalue weighted by atomic mass is 10.1. The van der Waals surface area contributed by atoms with Crippen LogP contribution >= 0.6 is 22.6 Å². The van der Waals surface area contributed by atoms with Crippen LogP contribution in [0.2, 0.25) is 0 Å². The minimum atomic E-state index is -0.454. The van der Waals surface area contributed by atoms with E-state index < -0.39 is 5.91 Å². The number of ether oxygens (including phenoxy) is 2. The van der Waals surface area contributed by atoms with E-state index in [1.165, 1.54) is 0 Å². The van der Waals surface area contributed by atoms with Gasteiger partial charge in [-0.25, -0.2) is 9.97 Å². The molecule has 1 unspecified atom stereocenters. The monoisotopic (exact) mass is 506 g/mol. The fraction of sp³-hybridized carbons (Fsp3) is 0.300. The first-order valence-corrected chi connectivity index (χ1v) is 10.3. The largest absolute Gasteiger partial charge is 0.477 e. The number of halogens is 1. The van der Waals surface area contributed by atoms with Crippen molar-refractivity contribution in [2.45, 2.75) is 13.0 Å². The van der Waals surface area contributed by atoms with Crippen molar-refractivity contribution in [2.75, 3.05) is 19.8 Å². The fourth-order valence-corrected chi connectivity index (χ4v) is 3.53. The van der Waals surface area contributed by atoms with E-state index in [1.54, 1.807) is 30.5 Å². The Hall–Kier alpha value is -2.53. The van der Waals surface area contributed by atoms with Gasteiger partial charge in [-0.05, 0) is 58.8 Å². The molecule has 2 N–H and O–H groups in total. The van der Waals surface area contributed by atoms with E-state index in [0.29, 0.717) is 35.9 Å². The van der Waals surface area contributed by atoms with Crippen molar-refractivity contribution in [1.29, 1.82) is 0 Å². The number of aromatic nitrogens is 3. The zero-order chi connectivity index (χ0) is 20.2. The van der Waals surface area contributed by atoms with Crippen molar-refractivity contribution in [3.05, 3.63) is 61.8 Å². The molecule has 1 aliphatic rings. The first kappa shape index (κ1) is 19.8. The van der Waals surface area contributed by atoms with E-state index in [4.69, 9.17) is 9.47 Å². The lowest BCUT2D eigenvalue weighted by Gasteiger charge is -2.11. The number of amides is 1. The van der Waals surface area contributed by atoms with E-state index in [9.17, 15) is 9.59 Å². The summed E-state index contributed by atoms with van der Waals surface area (Å²) in [4.78, 5) is 35.7. The molecule has 3 heterocycles. The molecule has 150 valence electrons. The Bertz CT molecular complexity index is 1100. The topological polar surface area (TPSA) is 106 Å². The van der Waals surface area contributed by atoms with E-state index in [0.717, 1.165) is 22.2 Å². The Morgan fingerprint density at radius 1 is 1.34 bits per heavy atom. The Morgan fingerprint density at radius 3 is 3.07 bits per heavy atom. The number of benzene rings is 1. The fourth-order valence-electron chi connectivity index (χ4n) is 3.04. The van der Waals surface area contributed by atoms with Crippen LogP contribution in [0, 0.1) is 9.49 Å². The molecule has 1 saturated heterocycles. The van der Waals surface area contributed by atoms with Crippen molar-refractivity contribution in [3.63, 3.8) is 0 Å². The molecule has 1 aliphatic heterocycles. The van der Waals surface area contributed by atoms with Gasteiger partial charge in [-0.1, -0.05) is 0 Å². The molecule has 4 rings (SSSR count). The second-order valence-corrected chi connectivity index (χ2v) is 8.05. The summed E-state index contributed by atoms with van der Waals surface area (Å²) in [6, 6.07) is 8.89. The summed E-state index contributed by atoms with van der Waals surface area (Å²) < 4.78 is 12.0. The zero-order valence-electron chi connectivity index (χ0n) is 15.5. The van der Waals surface area contributed by atoms with Crippen LogP contribution < -0.4 is 15.6 Å². The van der Waals surface area contributed by atoms with Gasteiger partial charge in [0.05, 0.1) is 24.1 Å². The molecule has 0 radical (unpaired) electrons. The number of carbonyl (C=O) groups is 1. The normalized spacial score (nSPS) is 16.1. The van der Waals surface area contributed by atoms with E-state index in [-0.39, 0.29) is 17.9 Å². The number of hydrogen-bond donors (Lipinski definition) is 2. The maximum Gasteiger partial charge on any atom is 0.287 e. The summed E-state index contributed by atoms with van der Waals surface area (Å²) >= 11 is 2.12. The van der Waals surface area contributed by atoms with Crippen LogP contribution in [0.1, 0.15) is 22.6 Å². The predicted molar refractivity (Wildman–Crippen MR) is 115 cm³/mol. The molecule has 9 heteroatoms. The van der Waals surface area contributed by atoms with Crippen LogP contribution in [0.25, 0.3) is 10.9 Å². The van der Waals surface area contributed by atoms with Gasteiger partial charge in [0.25, 0.3) is 11.5 Å². The standard InChI is InChI=1S/C20H19IN4O4/c21-14-1-2-16-15(8-14)19(26)25-18(24-16)20(27)23-9-12-3-5-22-17(7-12)29-11-13-4-6-28-10-13/h1-3,5,7-8,13H,4,6,9-11H2,(H,23,27)(H,24,25,26). The lowest BCUT2D eigenvalue weighted by molar-refractivity contribution is 0.0940. The smallest absolute Gasteiger partial charge is 0.287 e. The highest BCUT2D eigenvalue weighted by Crippen LogP contribution is 2.16. The maximum absolute atomic E-state index is 12.5. The Balaban J connectivity index is 1.40. The number of fused-ring (bicyclic) bond motifs is 1. The Morgan fingerprint density at radius 2 is 2.24 bits per heavy atom. The summed E-state index contributed by atoms with van der Waals surface area (Å²) in [6.07, 6.45) is 2.63. The number of carbonyl (C=O) groups excluding carboxylic acids is 1. The third-order valence-electron chi connectivity index (χ3n) is 4.63. The van der Waals surface area contributed by atoms with Crippen molar-refractivity contribution < 1.29 is 14.3 Å². The molecule has 8 nitrogen and oxygen atoms in total. The highest BCUT2D eigenvalue weighted by Gasteiger charge is 2.16. The van der Waals surface area contributed by atoms with Crippen molar-refractivity contribution >= 4 is 39.4 Å². The van der Waals surface area contributed by atoms with Crippen LogP contribution in [0.3, 0.4) is 0 Å². The molecule has 3 aromatic rings. The van der Waals surface area contributed by atoms with Crippen LogP contribution in [0.5, 0.6) is 5.88 Å². The number of rotatable bonds is 6. The summed E-state index contributed by atoms with van der Waals surface area (Å²) in [5, 5.41) is 3.22. The molecule has 1 fully saturated rings. The minimum Gasteiger partial charge on any atom is -0.477 e. The first-order valence-electron chi connectivity index (χ1n) is 9.22. The molecule has 1 amide bonds. The summed E-state index contributed by atoms with van der Waals surface area (Å²) in [5.74, 6) is 0.426. The molecular weight excluding hydrogens is 487 g/mol. The summed E-state index contributed by atoms with van der Waals surface area (Å²) in [6.45, 7) is 2.31. The van der Waals surface area contributed by atoms with E-state index >= 15 is 0 Å². The average Bonchev–Trinajstić information content (AvgIpc) is 3.25. The number of hydrogen-bond acceptors (Lipinski definition) is 6. The van der Waals surface area contributed by atoms with Crippen LogP contribution in [-0.4, -0.2) is 40.7 Å². The SMILES string of the molecule is O=C(NCc1ccnc(OCC2CCOC2)c1)c1nc2ccc(I)cc2c(=O)[nH]1. The average molecular weight is 506 g/mol. The lowest BCUT2D eigenvalue weighted by Crippen LogP contribution is -2.27. The van der Waals surface area contributed by atoms with Gasteiger partial charge in [0.2, 0.25) is 5.88 Å². The van der Waals surface area contributed by atoms with Gasteiger partial charge >= 0.3 is 0 Å². The quantitative estimate of drug-likeness (QED) is 0.497. The second-order valence-electron chi connectivity index (χ2n) is 6.80. The van der Waals surface area contributed by atoms with Gasteiger partial charge in [-0.2, -0.15) is 0 Å². The Labute approximate surface area is 180 Å². The van der Waals surface area contributed by atoms with Gasteiger partial charge in [0.1, 0.15) is 0 Å². The summed E-state index contributed by atoms with van der Waals surface area (Å²) in [5.41, 5.74) is 0.979. The molecule has 0 aliphatic carbocycles.